The van der Waals surface area contributed by atoms with E-state index in [9.17, 15) is 7.67 Å². The Morgan fingerprint density at radius 1 is 1.00 bits per heavy atom. The number of hydrogen-bond acceptors (Lipinski definition) is 3. The van der Waals surface area contributed by atoms with Crippen molar-refractivity contribution >= 4 is 38.7 Å². The van der Waals surface area contributed by atoms with E-state index in [1.165, 1.54) is 0 Å². The van der Waals surface area contributed by atoms with Crippen molar-refractivity contribution in [2.75, 3.05) is 0 Å². The Bertz CT molecular complexity index is 687. The molecule has 1 aliphatic heterocycles. The predicted molar refractivity (Wildman–Crippen MR) is 58.9 cm³/mol. The van der Waals surface area contributed by atoms with Gasteiger partial charge in [0.2, 0.25) is 0 Å². The van der Waals surface area contributed by atoms with Crippen molar-refractivity contribution in [3.8, 4) is 0 Å². The molecule has 1 heterocycles. The van der Waals surface area contributed by atoms with E-state index in [1.54, 1.807) is 6.07 Å². The van der Waals surface area contributed by atoms with E-state index in [1.807, 2.05) is 30.3 Å². The molecule has 3 rings (SSSR count). The van der Waals surface area contributed by atoms with Gasteiger partial charge in [-0.05, 0) is 0 Å². The maximum absolute atomic E-state index is 11.6. The van der Waals surface area contributed by atoms with Crippen LogP contribution >= 0.6 is 0 Å². The topological polar surface area (TPSA) is 46.5 Å². The van der Waals surface area contributed by atoms with Crippen LogP contribution in [-0.4, -0.2) is 17.8 Å². The second-order valence-corrected chi connectivity index (χ2v) is 7.07. The van der Waals surface area contributed by atoms with Crippen LogP contribution in [0.25, 0.3) is 10.8 Å². The SMILES string of the molecule is O=[Se]1(=O)C=Nc2c1ccc1ccccc21. The van der Waals surface area contributed by atoms with Crippen molar-refractivity contribution in [2.45, 2.75) is 0 Å². The fraction of sp³-hybridized carbons (Fsp3) is 0. The summed E-state index contributed by atoms with van der Waals surface area (Å²) in [6.07, 6.45) is 0. The molecule has 2 aromatic rings. The number of hydrogen-bond donors (Lipinski definition) is 0. The summed E-state index contributed by atoms with van der Waals surface area (Å²) < 4.78 is 23.6. The van der Waals surface area contributed by atoms with Crippen LogP contribution in [0.4, 0.5) is 5.69 Å². The van der Waals surface area contributed by atoms with Gasteiger partial charge >= 0.3 is 87.8 Å². The van der Waals surface area contributed by atoms with Crippen LogP contribution < -0.4 is 4.46 Å². The van der Waals surface area contributed by atoms with Gasteiger partial charge in [0.15, 0.2) is 0 Å². The third-order valence-electron chi connectivity index (χ3n) is 2.49. The van der Waals surface area contributed by atoms with Gasteiger partial charge in [-0.15, -0.1) is 0 Å². The molecular formula is C11H7NO2Se. The summed E-state index contributed by atoms with van der Waals surface area (Å²) in [5.41, 5.74) is 0.595. The Kier molecular flexibility index (Phi) is 1.61. The summed E-state index contributed by atoms with van der Waals surface area (Å²) >= 11 is -4.05. The second kappa shape index (κ2) is 2.75. The third-order valence-corrected chi connectivity index (χ3v) is 5.27. The summed E-state index contributed by atoms with van der Waals surface area (Å²) in [5, 5.41) is 3.01. The van der Waals surface area contributed by atoms with E-state index in [2.05, 4.69) is 4.99 Å². The van der Waals surface area contributed by atoms with Gasteiger partial charge < -0.3 is 0 Å². The molecule has 0 amide bonds. The van der Waals surface area contributed by atoms with Crippen molar-refractivity contribution in [2.24, 2.45) is 4.99 Å². The van der Waals surface area contributed by atoms with E-state index >= 15 is 0 Å². The molecule has 0 spiro atoms. The normalized spacial score (nSPS) is 16.8. The quantitative estimate of drug-likeness (QED) is 0.678. The van der Waals surface area contributed by atoms with Crippen LogP contribution in [0.3, 0.4) is 0 Å². The van der Waals surface area contributed by atoms with Crippen molar-refractivity contribution in [3.05, 3.63) is 36.4 Å². The molecule has 0 bridgehead atoms. The first kappa shape index (κ1) is 8.77. The Hall–Kier alpha value is -1.51. The molecular weight excluding hydrogens is 257 g/mol. The molecule has 0 atom stereocenters. The fourth-order valence-corrected chi connectivity index (χ4v) is 3.97. The molecule has 15 heavy (non-hydrogen) atoms. The van der Waals surface area contributed by atoms with Crippen LogP contribution in [0.5, 0.6) is 0 Å². The van der Waals surface area contributed by atoms with Gasteiger partial charge in [0.25, 0.3) is 0 Å². The zero-order valence-corrected chi connectivity index (χ0v) is 9.43. The Balaban J connectivity index is 2.53. The minimum absolute atomic E-state index is 0.380. The summed E-state index contributed by atoms with van der Waals surface area (Å²) in [7, 11) is 0. The summed E-state index contributed by atoms with van der Waals surface area (Å²) in [5.74, 6) is 0. The van der Waals surface area contributed by atoms with Crippen LogP contribution in [0.1, 0.15) is 0 Å². The van der Waals surface area contributed by atoms with Gasteiger partial charge in [-0.25, -0.2) is 0 Å². The molecule has 74 valence electrons. The van der Waals surface area contributed by atoms with Gasteiger partial charge in [-0.2, -0.15) is 0 Å². The van der Waals surface area contributed by atoms with E-state index in [0.29, 0.717) is 10.1 Å². The van der Waals surface area contributed by atoms with E-state index in [4.69, 9.17) is 0 Å². The molecule has 0 radical (unpaired) electrons. The molecule has 0 fully saturated rings. The van der Waals surface area contributed by atoms with E-state index < -0.39 is 12.7 Å². The van der Waals surface area contributed by atoms with E-state index in [0.717, 1.165) is 15.9 Å². The number of fused-ring (bicyclic) bond motifs is 3. The molecule has 0 saturated heterocycles. The van der Waals surface area contributed by atoms with Crippen molar-refractivity contribution in [3.63, 3.8) is 0 Å². The zero-order chi connectivity index (χ0) is 10.5. The molecule has 2 aromatic carbocycles. The zero-order valence-electron chi connectivity index (χ0n) is 7.71. The molecule has 0 N–H and O–H groups in total. The Labute approximate surface area is 88.1 Å². The summed E-state index contributed by atoms with van der Waals surface area (Å²) in [4.78, 5) is 4.00. The van der Waals surface area contributed by atoms with Gasteiger partial charge in [0.05, 0.1) is 0 Å². The number of benzene rings is 2. The van der Waals surface area contributed by atoms with Crippen molar-refractivity contribution < 1.29 is 7.67 Å². The Morgan fingerprint density at radius 2 is 1.80 bits per heavy atom. The monoisotopic (exact) mass is 265 g/mol. The number of aliphatic imine (C=N–C) groups is 1. The first-order chi connectivity index (χ1) is 7.18. The average molecular weight is 264 g/mol. The van der Waals surface area contributed by atoms with Crippen LogP contribution in [0, 0.1) is 0 Å². The predicted octanol–water partition coefficient (Wildman–Crippen LogP) is 1.61. The molecule has 0 aliphatic carbocycles. The first-order valence-corrected chi connectivity index (χ1v) is 7.74. The first-order valence-electron chi connectivity index (χ1n) is 4.49. The molecule has 3 nitrogen and oxygen atoms in total. The maximum atomic E-state index is 11.6. The fourth-order valence-electron chi connectivity index (χ4n) is 1.78. The molecule has 0 unspecified atom stereocenters. The minimum atomic E-state index is -4.05. The van der Waals surface area contributed by atoms with E-state index in [-0.39, 0.29) is 0 Å². The summed E-state index contributed by atoms with van der Waals surface area (Å²) in [6.45, 7) is 0. The molecule has 0 saturated carbocycles. The van der Waals surface area contributed by atoms with Crippen molar-refractivity contribution in [1.29, 1.82) is 0 Å². The second-order valence-electron chi connectivity index (χ2n) is 3.41. The number of nitrogens with zero attached hydrogens (tertiary/aromatic N) is 1. The van der Waals surface area contributed by atoms with Crippen LogP contribution in [-0.2, 0) is 7.67 Å². The molecule has 0 aromatic heterocycles. The molecule has 1 aliphatic rings. The average Bonchev–Trinajstić information content (AvgIpc) is 2.55. The van der Waals surface area contributed by atoms with Gasteiger partial charge in [0.1, 0.15) is 0 Å². The van der Waals surface area contributed by atoms with Crippen LogP contribution in [0.15, 0.2) is 41.4 Å². The third kappa shape index (κ3) is 1.16. The Morgan fingerprint density at radius 3 is 2.67 bits per heavy atom. The van der Waals surface area contributed by atoms with Crippen LogP contribution in [0.2, 0.25) is 0 Å². The van der Waals surface area contributed by atoms with Gasteiger partial charge in [0, 0.05) is 0 Å². The standard InChI is InChI=1S/C11H7NO2Se/c13-15(14)7-12-11-9-4-2-1-3-8(9)5-6-10(11)15/h1-7H. The van der Waals surface area contributed by atoms with Gasteiger partial charge in [-0.1, -0.05) is 0 Å². The van der Waals surface area contributed by atoms with Crippen molar-refractivity contribution in [1.82, 2.24) is 0 Å². The molecule has 4 heteroatoms. The van der Waals surface area contributed by atoms with Gasteiger partial charge in [-0.3, -0.25) is 0 Å². The number of rotatable bonds is 0. The summed E-state index contributed by atoms with van der Waals surface area (Å²) in [6, 6.07) is 11.1.